The van der Waals surface area contributed by atoms with Crippen LogP contribution in [0.3, 0.4) is 0 Å². The number of hydrogen-bond acceptors (Lipinski definition) is 6. The first-order chi connectivity index (χ1) is 13.7. The smallest absolute Gasteiger partial charge is 0.173 e. The first-order valence-corrected chi connectivity index (χ1v) is 9.50. The second kappa shape index (κ2) is 7.81. The average Bonchev–Trinajstić information content (AvgIpc) is 3.38. The summed E-state index contributed by atoms with van der Waals surface area (Å²) in [7, 11) is 3.26. The maximum Gasteiger partial charge on any atom is 0.173 e. The van der Waals surface area contributed by atoms with Crippen molar-refractivity contribution >= 4 is 22.9 Å². The second-order valence-corrected chi connectivity index (χ2v) is 7.10. The lowest BCUT2D eigenvalue weighted by atomic mass is 10.3. The van der Waals surface area contributed by atoms with Gasteiger partial charge in [-0.05, 0) is 42.1 Å². The molecule has 0 atom stereocenters. The number of benzene rings is 1. The normalized spacial score (nSPS) is 11.1. The summed E-state index contributed by atoms with van der Waals surface area (Å²) in [4.78, 5) is 13.0. The summed E-state index contributed by atoms with van der Waals surface area (Å²) >= 11 is 1.43. The van der Waals surface area contributed by atoms with E-state index in [4.69, 9.17) is 19.9 Å². The summed E-state index contributed by atoms with van der Waals surface area (Å²) in [5.41, 5.74) is 1.49. The summed E-state index contributed by atoms with van der Waals surface area (Å²) in [5, 5.41) is 8.78. The minimum absolute atomic E-state index is 0.171. The number of fused-ring (bicyclic) bond motifs is 1. The van der Waals surface area contributed by atoms with Crippen molar-refractivity contribution in [1.82, 2.24) is 24.1 Å². The molecular weight excluding hydrogens is 376 g/mol. The lowest BCUT2D eigenvalue weighted by Crippen LogP contribution is -2.14. The Bertz CT molecular complexity index is 1150. The zero-order valence-electron chi connectivity index (χ0n) is 15.5. The fourth-order valence-electron chi connectivity index (χ4n) is 2.88. The molecule has 144 valence electrons. The van der Waals surface area contributed by atoms with Crippen LogP contribution in [0.4, 0.5) is 0 Å². The highest BCUT2D eigenvalue weighted by molar-refractivity contribution is 7.99. The molecule has 0 amide bonds. The molecule has 0 bridgehead atoms. The predicted molar refractivity (Wildman–Crippen MR) is 106 cm³/mol. The topological polar surface area (TPSA) is 93.7 Å². The van der Waals surface area contributed by atoms with Crippen LogP contribution in [0.2, 0.25) is 0 Å². The van der Waals surface area contributed by atoms with Crippen molar-refractivity contribution in [2.45, 2.75) is 23.1 Å². The molecule has 0 spiro atoms. The van der Waals surface area contributed by atoms with Gasteiger partial charge in [0.1, 0.15) is 17.0 Å². The second-order valence-electron chi connectivity index (χ2n) is 6.07. The third-order valence-electron chi connectivity index (χ3n) is 4.34. The highest BCUT2D eigenvalue weighted by atomic mass is 32.2. The quantitative estimate of drug-likeness (QED) is 0.501. The zero-order valence-corrected chi connectivity index (χ0v) is 16.4. The molecule has 3 aromatic heterocycles. The fourth-order valence-corrected chi connectivity index (χ4v) is 3.81. The van der Waals surface area contributed by atoms with E-state index in [9.17, 15) is 0 Å². The van der Waals surface area contributed by atoms with Gasteiger partial charge in [-0.15, -0.1) is 0 Å². The van der Waals surface area contributed by atoms with E-state index >= 15 is 0 Å². The molecule has 0 saturated heterocycles. The van der Waals surface area contributed by atoms with E-state index in [2.05, 4.69) is 14.5 Å². The van der Waals surface area contributed by atoms with E-state index in [1.807, 2.05) is 47.3 Å². The molecule has 0 saturated carbocycles. The van der Waals surface area contributed by atoms with Gasteiger partial charge >= 0.3 is 0 Å². The molecule has 9 heteroatoms. The Hall–Kier alpha value is -3.20. The number of nitrogens with zero attached hydrogens (tertiary/aromatic N) is 4. The van der Waals surface area contributed by atoms with Crippen LogP contribution >= 0.6 is 11.8 Å². The number of aromatic amines is 1. The Balaban J connectivity index is 1.67. The van der Waals surface area contributed by atoms with Crippen LogP contribution in [0, 0.1) is 5.41 Å². The maximum atomic E-state index is 8.11. The van der Waals surface area contributed by atoms with Gasteiger partial charge in [0.05, 0.1) is 25.4 Å². The van der Waals surface area contributed by atoms with Gasteiger partial charge in [-0.3, -0.25) is 5.41 Å². The Kier molecular flexibility index (Phi) is 5.07. The van der Waals surface area contributed by atoms with Crippen LogP contribution in [0.1, 0.15) is 0 Å². The number of rotatable bonds is 7. The maximum absolute atomic E-state index is 8.11. The van der Waals surface area contributed by atoms with Crippen molar-refractivity contribution in [3.05, 3.63) is 54.5 Å². The highest BCUT2D eigenvalue weighted by Gasteiger charge is 2.13. The monoisotopic (exact) mass is 396 g/mol. The molecule has 4 aromatic rings. The van der Waals surface area contributed by atoms with Crippen LogP contribution in [0.15, 0.2) is 59.1 Å². The van der Waals surface area contributed by atoms with E-state index in [1.165, 1.54) is 11.8 Å². The van der Waals surface area contributed by atoms with Gasteiger partial charge in [0.2, 0.25) is 0 Å². The largest absolute Gasteiger partial charge is 0.497 e. The number of ether oxygens (including phenoxy) is 2. The molecular formula is C19H20N6O2S. The minimum Gasteiger partial charge on any atom is -0.497 e. The first kappa shape index (κ1) is 18.2. The Morgan fingerprint density at radius 2 is 1.96 bits per heavy atom. The standard InChI is InChI=1S/C19H20N6O2S/c1-26-13-5-6-14(27-2)15(11-13)28-19-22-16-17(20)21-12-25(18(16)23-19)10-9-24-7-3-4-8-24/h3-8,11-12,20H,9-10H2,1-2H3,(H,22,23). The van der Waals surface area contributed by atoms with Crippen LogP contribution in [0.25, 0.3) is 11.2 Å². The van der Waals surface area contributed by atoms with Crippen LogP contribution in [-0.2, 0) is 13.1 Å². The third kappa shape index (κ3) is 3.61. The lowest BCUT2D eigenvalue weighted by Gasteiger charge is -2.08. The molecule has 0 radical (unpaired) electrons. The number of aryl methyl sites for hydroxylation is 2. The fraction of sp³-hybridized carbons (Fsp3) is 0.211. The summed E-state index contributed by atoms with van der Waals surface area (Å²) in [6, 6.07) is 9.60. The number of imidazole rings is 1. The molecule has 3 heterocycles. The van der Waals surface area contributed by atoms with Gasteiger partial charge in [-0.1, -0.05) is 0 Å². The lowest BCUT2D eigenvalue weighted by molar-refractivity contribution is 0.394. The number of methoxy groups -OCH3 is 2. The third-order valence-corrected chi connectivity index (χ3v) is 5.27. The van der Waals surface area contributed by atoms with Gasteiger partial charge < -0.3 is 23.6 Å². The Morgan fingerprint density at radius 3 is 2.71 bits per heavy atom. The molecule has 0 fully saturated rings. The predicted octanol–water partition coefficient (Wildman–Crippen LogP) is 2.91. The van der Waals surface area contributed by atoms with Crippen LogP contribution < -0.4 is 15.0 Å². The van der Waals surface area contributed by atoms with Crippen molar-refractivity contribution in [3.63, 3.8) is 0 Å². The van der Waals surface area contributed by atoms with Crippen LogP contribution in [-0.4, -0.2) is 38.3 Å². The van der Waals surface area contributed by atoms with Crippen LogP contribution in [0.5, 0.6) is 11.5 Å². The summed E-state index contributed by atoms with van der Waals surface area (Å²) in [6.07, 6.45) is 5.70. The molecule has 0 aliphatic carbocycles. The molecule has 4 rings (SSSR count). The van der Waals surface area contributed by atoms with Crippen molar-refractivity contribution in [3.8, 4) is 11.5 Å². The SMILES string of the molecule is COc1ccc(OC)c(Sc2nc3c([nH]2)c(=N)ncn3CCn2cccc2)c1. The van der Waals surface area contributed by atoms with E-state index in [1.54, 1.807) is 20.5 Å². The van der Waals surface area contributed by atoms with E-state index in [0.717, 1.165) is 22.9 Å². The minimum atomic E-state index is 0.171. The van der Waals surface area contributed by atoms with Crippen molar-refractivity contribution in [1.29, 1.82) is 5.41 Å². The first-order valence-electron chi connectivity index (χ1n) is 8.68. The molecule has 1 aromatic carbocycles. The zero-order chi connectivity index (χ0) is 19.5. The van der Waals surface area contributed by atoms with Crippen molar-refractivity contribution < 1.29 is 9.47 Å². The number of aromatic nitrogens is 5. The van der Waals surface area contributed by atoms with Gasteiger partial charge in [-0.2, -0.15) is 0 Å². The molecule has 28 heavy (non-hydrogen) atoms. The van der Waals surface area contributed by atoms with Gasteiger partial charge in [-0.25, -0.2) is 9.97 Å². The summed E-state index contributed by atoms with van der Waals surface area (Å²) in [6.45, 7) is 1.50. The van der Waals surface area contributed by atoms with Crippen molar-refractivity contribution in [2.24, 2.45) is 0 Å². The molecule has 0 aliphatic rings. The number of hydrogen-bond donors (Lipinski definition) is 2. The average molecular weight is 396 g/mol. The van der Waals surface area contributed by atoms with Gasteiger partial charge in [0.15, 0.2) is 16.3 Å². The molecule has 2 N–H and O–H groups in total. The Labute approximate surface area is 165 Å². The molecule has 0 aliphatic heterocycles. The number of nitrogens with one attached hydrogen (secondary N) is 2. The summed E-state index contributed by atoms with van der Waals surface area (Å²) in [5.74, 6) is 1.47. The highest BCUT2D eigenvalue weighted by Crippen LogP contribution is 2.36. The van der Waals surface area contributed by atoms with Gasteiger partial charge in [0, 0.05) is 25.5 Å². The molecule has 8 nitrogen and oxygen atoms in total. The Morgan fingerprint density at radius 1 is 1.14 bits per heavy atom. The van der Waals surface area contributed by atoms with E-state index < -0.39 is 0 Å². The number of H-pyrrole nitrogens is 1. The van der Waals surface area contributed by atoms with Crippen molar-refractivity contribution in [2.75, 3.05) is 14.2 Å². The van der Waals surface area contributed by atoms with E-state index in [-0.39, 0.29) is 5.49 Å². The summed E-state index contributed by atoms with van der Waals surface area (Å²) < 4.78 is 14.8. The van der Waals surface area contributed by atoms with Gasteiger partial charge in [0.25, 0.3) is 0 Å². The van der Waals surface area contributed by atoms with E-state index in [0.29, 0.717) is 22.9 Å². The molecule has 0 unspecified atom stereocenters.